The first kappa shape index (κ1) is 9.11. The van der Waals surface area contributed by atoms with Gasteiger partial charge in [-0.15, -0.1) is 0 Å². The van der Waals surface area contributed by atoms with Gasteiger partial charge in [-0.2, -0.15) is 0 Å². The molecule has 0 aliphatic rings. The van der Waals surface area contributed by atoms with Gasteiger partial charge in [0.1, 0.15) is 12.8 Å². The Morgan fingerprint density at radius 2 is 2.38 bits per heavy atom. The van der Waals surface area contributed by atoms with Gasteiger partial charge in [-0.3, -0.25) is 14.8 Å². The molecule has 0 saturated carbocycles. The third-order valence-electron chi connectivity index (χ3n) is 1.22. The van der Waals surface area contributed by atoms with Crippen molar-refractivity contribution in [1.29, 1.82) is 0 Å². The van der Waals surface area contributed by atoms with E-state index in [1.165, 1.54) is 25.7 Å². The van der Waals surface area contributed by atoms with Gasteiger partial charge < -0.3 is 10.6 Å². The van der Waals surface area contributed by atoms with Crippen LogP contribution in [-0.2, 0) is 9.63 Å². The minimum absolute atomic E-state index is 0.0457. The zero-order valence-electron chi connectivity index (χ0n) is 6.97. The summed E-state index contributed by atoms with van der Waals surface area (Å²) in [6, 6.07) is 0. The lowest BCUT2D eigenvalue weighted by atomic mass is 10.3. The number of amides is 1. The Morgan fingerprint density at radius 3 is 2.85 bits per heavy atom. The fourth-order valence-electron chi connectivity index (χ4n) is 0.731. The van der Waals surface area contributed by atoms with Crippen molar-refractivity contribution in [3.05, 3.63) is 24.3 Å². The normalized spacial score (nSPS) is 11.0. The maximum Gasteiger partial charge on any atom is 0.273 e. The van der Waals surface area contributed by atoms with Crippen LogP contribution in [0.4, 0.5) is 0 Å². The zero-order valence-corrected chi connectivity index (χ0v) is 6.97. The second kappa shape index (κ2) is 4.15. The number of hydrogen-bond donors (Lipinski definition) is 1. The first-order valence-corrected chi connectivity index (χ1v) is 3.43. The van der Waals surface area contributed by atoms with Gasteiger partial charge in [-0.1, -0.05) is 5.16 Å². The van der Waals surface area contributed by atoms with E-state index < -0.39 is 5.91 Å². The average molecular weight is 180 g/mol. The van der Waals surface area contributed by atoms with Crippen molar-refractivity contribution in [2.75, 3.05) is 7.11 Å². The van der Waals surface area contributed by atoms with Gasteiger partial charge in [0, 0.05) is 12.4 Å². The fraction of sp³-hybridized carbons (Fsp3) is 0.143. The highest BCUT2D eigenvalue weighted by Crippen LogP contribution is 1.94. The summed E-state index contributed by atoms with van der Waals surface area (Å²) in [6.07, 6.45) is 4.29. The monoisotopic (exact) mass is 180 g/mol. The van der Waals surface area contributed by atoms with Gasteiger partial charge >= 0.3 is 0 Å². The van der Waals surface area contributed by atoms with Crippen molar-refractivity contribution >= 4 is 11.6 Å². The molecule has 1 rings (SSSR count). The van der Waals surface area contributed by atoms with Crippen molar-refractivity contribution < 1.29 is 9.63 Å². The maximum absolute atomic E-state index is 10.8. The van der Waals surface area contributed by atoms with Crippen LogP contribution in [0.15, 0.2) is 23.7 Å². The highest BCUT2D eigenvalue weighted by atomic mass is 16.6. The molecule has 0 bridgehead atoms. The summed E-state index contributed by atoms with van der Waals surface area (Å²) in [5.41, 5.74) is 5.28. The summed E-state index contributed by atoms with van der Waals surface area (Å²) < 4.78 is 0. The van der Waals surface area contributed by atoms with E-state index in [1.54, 1.807) is 0 Å². The zero-order chi connectivity index (χ0) is 9.68. The van der Waals surface area contributed by atoms with Gasteiger partial charge in [0.2, 0.25) is 0 Å². The van der Waals surface area contributed by atoms with Gasteiger partial charge in [0.15, 0.2) is 5.71 Å². The number of oxime groups is 1. The average Bonchev–Trinajstić information content (AvgIpc) is 2.15. The fourth-order valence-corrected chi connectivity index (χ4v) is 0.731. The van der Waals surface area contributed by atoms with Crippen molar-refractivity contribution in [2.45, 2.75) is 0 Å². The summed E-state index contributed by atoms with van der Waals surface area (Å²) in [6.45, 7) is 0. The first-order chi connectivity index (χ1) is 6.25. The molecule has 6 heteroatoms. The number of nitrogens with two attached hydrogens (primary N) is 1. The lowest BCUT2D eigenvalue weighted by Crippen LogP contribution is -2.25. The molecule has 0 unspecified atom stereocenters. The van der Waals surface area contributed by atoms with Crippen LogP contribution >= 0.6 is 0 Å². The third kappa shape index (κ3) is 2.22. The lowest BCUT2D eigenvalue weighted by Gasteiger charge is -1.98. The van der Waals surface area contributed by atoms with E-state index in [1.807, 2.05) is 0 Å². The highest BCUT2D eigenvalue weighted by Gasteiger charge is 2.12. The molecule has 0 saturated heterocycles. The smallest absolute Gasteiger partial charge is 0.273 e. The Morgan fingerprint density at radius 1 is 1.62 bits per heavy atom. The van der Waals surface area contributed by atoms with Crippen molar-refractivity contribution in [3.63, 3.8) is 0 Å². The van der Waals surface area contributed by atoms with E-state index in [-0.39, 0.29) is 11.4 Å². The second-order valence-corrected chi connectivity index (χ2v) is 2.08. The largest absolute Gasteiger partial charge is 0.398 e. The number of rotatable bonds is 3. The van der Waals surface area contributed by atoms with Crippen LogP contribution in [0, 0.1) is 0 Å². The van der Waals surface area contributed by atoms with E-state index >= 15 is 0 Å². The molecule has 1 aromatic rings. The minimum atomic E-state index is -0.706. The molecule has 0 aliphatic carbocycles. The lowest BCUT2D eigenvalue weighted by molar-refractivity contribution is -0.112. The third-order valence-corrected chi connectivity index (χ3v) is 1.22. The van der Waals surface area contributed by atoms with E-state index in [2.05, 4.69) is 20.0 Å². The molecule has 1 aromatic heterocycles. The topological polar surface area (TPSA) is 90.5 Å². The number of aromatic nitrogens is 2. The molecule has 0 spiro atoms. The predicted molar refractivity (Wildman–Crippen MR) is 44.8 cm³/mol. The molecule has 2 N–H and O–H groups in total. The van der Waals surface area contributed by atoms with Crippen LogP contribution in [0.1, 0.15) is 5.69 Å². The number of carbonyl (C=O) groups excluding carboxylic acids is 1. The van der Waals surface area contributed by atoms with Crippen molar-refractivity contribution in [2.24, 2.45) is 10.9 Å². The van der Waals surface area contributed by atoms with E-state index in [9.17, 15) is 4.79 Å². The Kier molecular flexibility index (Phi) is 2.91. The van der Waals surface area contributed by atoms with Crippen LogP contribution in [-0.4, -0.2) is 28.7 Å². The Balaban J connectivity index is 3.03. The molecular formula is C7H8N4O2. The second-order valence-electron chi connectivity index (χ2n) is 2.08. The van der Waals surface area contributed by atoms with Crippen LogP contribution in [0.5, 0.6) is 0 Å². The Hall–Kier alpha value is -1.98. The van der Waals surface area contributed by atoms with Gasteiger partial charge in [0.25, 0.3) is 5.91 Å². The molecule has 0 aliphatic heterocycles. The SMILES string of the molecule is CO/N=C(\C(N)=O)c1cnccn1. The molecule has 6 nitrogen and oxygen atoms in total. The van der Waals surface area contributed by atoms with Gasteiger partial charge in [-0.25, -0.2) is 0 Å². The molecule has 13 heavy (non-hydrogen) atoms. The van der Waals surface area contributed by atoms with E-state index in [0.29, 0.717) is 0 Å². The Bertz CT molecular complexity index is 323. The van der Waals surface area contributed by atoms with Crippen molar-refractivity contribution in [1.82, 2.24) is 9.97 Å². The molecule has 0 radical (unpaired) electrons. The van der Waals surface area contributed by atoms with Crippen LogP contribution in [0.3, 0.4) is 0 Å². The maximum atomic E-state index is 10.8. The quantitative estimate of drug-likeness (QED) is 0.492. The number of nitrogens with zero attached hydrogens (tertiary/aromatic N) is 3. The molecule has 1 heterocycles. The Labute approximate surface area is 74.4 Å². The van der Waals surface area contributed by atoms with Crippen LogP contribution in [0.2, 0.25) is 0 Å². The van der Waals surface area contributed by atoms with Crippen LogP contribution < -0.4 is 5.73 Å². The van der Waals surface area contributed by atoms with Crippen LogP contribution in [0.25, 0.3) is 0 Å². The molecule has 1 amide bonds. The molecule has 0 atom stereocenters. The molecular weight excluding hydrogens is 172 g/mol. The van der Waals surface area contributed by atoms with Gasteiger partial charge in [-0.05, 0) is 0 Å². The van der Waals surface area contributed by atoms with Gasteiger partial charge in [0.05, 0.1) is 6.20 Å². The minimum Gasteiger partial charge on any atom is -0.398 e. The molecule has 68 valence electrons. The van der Waals surface area contributed by atoms with E-state index in [4.69, 9.17) is 5.73 Å². The standard InChI is InChI=1S/C7H8N4O2/c1-13-11-6(7(8)12)5-4-9-2-3-10-5/h2-4H,1H3,(H2,8,12)/b11-6-. The summed E-state index contributed by atoms with van der Waals surface area (Å²) in [5.74, 6) is -0.706. The summed E-state index contributed by atoms with van der Waals surface area (Å²) in [7, 11) is 1.32. The highest BCUT2D eigenvalue weighted by molar-refractivity contribution is 6.44. The number of carbonyl (C=O) groups is 1. The van der Waals surface area contributed by atoms with Crippen molar-refractivity contribution in [3.8, 4) is 0 Å². The summed E-state index contributed by atoms with van der Waals surface area (Å²) >= 11 is 0. The molecule has 0 fully saturated rings. The summed E-state index contributed by atoms with van der Waals surface area (Å²) in [5, 5.41) is 3.43. The van der Waals surface area contributed by atoms with E-state index in [0.717, 1.165) is 0 Å². The number of hydrogen-bond acceptors (Lipinski definition) is 5. The predicted octanol–water partition coefficient (Wildman–Crippen LogP) is -0.688. The first-order valence-electron chi connectivity index (χ1n) is 3.43. The molecule has 0 aromatic carbocycles. The summed E-state index contributed by atoms with van der Waals surface area (Å²) in [4.78, 5) is 22.9. The number of primary amides is 1.